The summed E-state index contributed by atoms with van der Waals surface area (Å²) in [6, 6.07) is 35.4. The standard InChI is InChI=1S/C41H38BNO2/c1-39(2)21-22-40(3,4)36-28(39)24-35-37-38(36)45-34-23-25(19-20-30(34)42(37)29-15-9-12-18-33(29)44-35)43-31-16-10-7-13-26(31)41(5,6)27-14-8-11-17-32(27)43/h7-20,23-24H,21-22H2,1-6H3. The Bertz CT molecular complexity index is 2020. The van der Waals surface area contributed by atoms with Crippen molar-refractivity contribution in [3.05, 3.63) is 119 Å². The van der Waals surface area contributed by atoms with Crippen LogP contribution in [0, 0.1) is 0 Å². The first-order chi connectivity index (χ1) is 21.6. The zero-order chi connectivity index (χ0) is 30.9. The molecule has 4 heteroatoms. The lowest BCUT2D eigenvalue weighted by Gasteiger charge is -2.45. The van der Waals surface area contributed by atoms with E-state index >= 15 is 0 Å². The predicted octanol–water partition coefficient (Wildman–Crippen LogP) is 8.87. The van der Waals surface area contributed by atoms with Gasteiger partial charge in [-0.1, -0.05) is 102 Å². The van der Waals surface area contributed by atoms with Gasteiger partial charge in [-0.05, 0) is 81.6 Å². The summed E-state index contributed by atoms with van der Waals surface area (Å²) in [6.45, 7) is 14.2. The molecule has 3 nitrogen and oxygen atoms in total. The molecule has 0 spiro atoms. The molecule has 0 amide bonds. The van der Waals surface area contributed by atoms with E-state index in [9.17, 15) is 0 Å². The second-order valence-corrected chi connectivity index (χ2v) is 15.2. The molecule has 0 fully saturated rings. The maximum Gasteiger partial charge on any atom is 0.260 e. The highest BCUT2D eigenvalue weighted by Gasteiger charge is 2.48. The van der Waals surface area contributed by atoms with Crippen LogP contribution in [0.4, 0.5) is 17.1 Å². The molecule has 0 saturated carbocycles. The molecule has 45 heavy (non-hydrogen) atoms. The van der Waals surface area contributed by atoms with Crippen LogP contribution in [0.5, 0.6) is 23.0 Å². The van der Waals surface area contributed by atoms with Crippen molar-refractivity contribution in [2.45, 2.75) is 70.6 Å². The summed E-state index contributed by atoms with van der Waals surface area (Å²) in [4.78, 5) is 2.42. The second kappa shape index (κ2) is 8.84. The minimum absolute atomic E-state index is 0.0117. The Kier molecular flexibility index (Phi) is 5.29. The lowest BCUT2D eigenvalue weighted by atomic mass is 9.34. The Morgan fingerprint density at radius 2 is 1.20 bits per heavy atom. The molecule has 5 aromatic rings. The third-order valence-corrected chi connectivity index (χ3v) is 11.2. The Morgan fingerprint density at radius 1 is 0.578 bits per heavy atom. The molecule has 0 N–H and O–H groups in total. The fraction of sp³-hybridized carbons (Fsp3) is 0.268. The van der Waals surface area contributed by atoms with Gasteiger partial charge in [-0.3, -0.25) is 0 Å². The van der Waals surface area contributed by atoms with Crippen LogP contribution in [0.2, 0.25) is 0 Å². The Morgan fingerprint density at radius 3 is 1.93 bits per heavy atom. The van der Waals surface area contributed by atoms with Crippen LogP contribution in [-0.2, 0) is 16.2 Å². The van der Waals surface area contributed by atoms with Gasteiger partial charge in [0.1, 0.15) is 23.0 Å². The van der Waals surface area contributed by atoms with Gasteiger partial charge in [0, 0.05) is 28.2 Å². The van der Waals surface area contributed by atoms with Crippen LogP contribution >= 0.6 is 0 Å². The van der Waals surface area contributed by atoms with Gasteiger partial charge >= 0.3 is 0 Å². The monoisotopic (exact) mass is 587 g/mol. The number of fused-ring (bicyclic) bond motifs is 8. The summed E-state index contributed by atoms with van der Waals surface area (Å²) in [5, 5.41) is 0. The van der Waals surface area contributed by atoms with Crippen molar-refractivity contribution in [1.29, 1.82) is 0 Å². The zero-order valence-electron chi connectivity index (χ0n) is 27.0. The van der Waals surface area contributed by atoms with Crippen molar-refractivity contribution < 1.29 is 9.47 Å². The largest absolute Gasteiger partial charge is 0.458 e. The molecule has 9 rings (SSSR count). The quantitative estimate of drug-likeness (QED) is 0.179. The molecule has 222 valence electrons. The van der Waals surface area contributed by atoms with E-state index in [1.165, 1.54) is 50.0 Å². The molecule has 4 aliphatic rings. The molecular formula is C41H38BNO2. The highest BCUT2D eigenvalue weighted by molar-refractivity contribution is 6.98. The molecular weight excluding hydrogens is 549 g/mol. The summed E-state index contributed by atoms with van der Waals surface area (Å²) in [5.74, 6) is 3.81. The molecule has 0 atom stereocenters. The maximum absolute atomic E-state index is 7.21. The SMILES string of the molecule is CC1(C)CCC(C)(C)c2c1cc1c3c2Oc2cc(N4c5ccccc5C(C)(C)c5ccccc54)ccc2B3c2ccccc2O1. The molecule has 0 aromatic heterocycles. The minimum atomic E-state index is -0.104. The van der Waals surface area contributed by atoms with Crippen molar-refractivity contribution in [2.75, 3.05) is 4.90 Å². The van der Waals surface area contributed by atoms with E-state index in [0.29, 0.717) is 0 Å². The number of ether oxygens (including phenoxy) is 2. The first kappa shape index (κ1) is 26.9. The first-order valence-electron chi connectivity index (χ1n) is 16.4. The van der Waals surface area contributed by atoms with Crippen LogP contribution in [0.1, 0.15) is 76.6 Å². The average Bonchev–Trinajstić information content (AvgIpc) is 3.03. The molecule has 0 unspecified atom stereocenters. The number of rotatable bonds is 1. The number of hydrogen-bond acceptors (Lipinski definition) is 3. The number of benzene rings is 5. The summed E-state index contributed by atoms with van der Waals surface area (Å²) in [7, 11) is 0. The Labute approximate surface area is 266 Å². The van der Waals surface area contributed by atoms with Gasteiger partial charge in [0.2, 0.25) is 0 Å². The van der Waals surface area contributed by atoms with Crippen molar-refractivity contribution in [3.63, 3.8) is 0 Å². The summed E-state index contributed by atoms with van der Waals surface area (Å²) in [5.41, 5.74) is 12.4. The Hall–Kier alpha value is -4.44. The van der Waals surface area contributed by atoms with E-state index < -0.39 is 0 Å². The Balaban J connectivity index is 1.30. The van der Waals surface area contributed by atoms with E-state index in [-0.39, 0.29) is 23.0 Å². The third-order valence-electron chi connectivity index (χ3n) is 11.2. The lowest BCUT2D eigenvalue weighted by Crippen LogP contribution is -2.58. The molecule has 3 heterocycles. The highest BCUT2D eigenvalue weighted by Crippen LogP contribution is 2.54. The number of hydrogen-bond donors (Lipinski definition) is 0. The summed E-state index contributed by atoms with van der Waals surface area (Å²) in [6.07, 6.45) is 2.25. The number of para-hydroxylation sites is 3. The second-order valence-electron chi connectivity index (χ2n) is 15.2. The van der Waals surface area contributed by atoms with Crippen molar-refractivity contribution in [3.8, 4) is 23.0 Å². The van der Waals surface area contributed by atoms with Gasteiger partial charge in [-0.2, -0.15) is 0 Å². The van der Waals surface area contributed by atoms with Crippen LogP contribution in [0.15, 0.2) is 97.1 Å². The molecule has 0 bridgehead atoms. The predicted molar refractivity (Wildman–Crippen MR) is 186 cm³/mol. The highest BCUT2D eigenvalue weighted by atomic mass is 16.5. The molecule has 0 radical (unpaired) electrons. The van der Waals surface area contributed by atoms with Crippen LogP contribution in [-0.4, -0.2) is 6.71 Å². The van der Waals surface area contributed by atoms with Gasteiger partial charge in [-0.15, -0.1) is 0 Å². The summed E-state index contributed by atoms with van der Waals surface area (Å²) >= 11 is 0. The van der Waals surface area contributed by atoms with Crippen LogP contribution in [0.3, 0.4) is 0 Å². The number of nitrogens with zero attached hydrogens (tertiary/aromatic N) is 1. The zero-order valence-corrected chi connectivity index (χ0v) is 27.0. The minimum Gasteiger partial charge on any atom is -0.458 e. The smallest absolute Gasteiger partial charge is 0.260 e. The van der Waals surface area contributed by atoms with Crippen molar-refractivity contribution in [2.24, 2.45) is 0 Å². The van der Waals surface area contributed by atoms with Gasteiger partial charge in [-0.25, -0.2) is 0 Å². The van der Waals surface area contributed by atoms with Crippen LogP contribution < -0.4 is 30.8 Å². The first-order valence-corrected chi connectivity index (χ1v) is 16.4. The van der Waals surface area contributed by atoms with E-state index in [2.05, 4.69) is 144 Å². The van der Waals surface area contributed by atoms with E-state index in [1.807, 2.05) is 0 Å². The fourth-order valence-electron chi connectivity index (χ4n) is 8.66. The normalized spacial score (nSPS) is 18.6. The maximum atomic E-state index is 7.21. The van der Waals surface area contributed by atoms with Gasteiger partial charge < -0.3 is 14.4 Å². The third kappa shape index (κ3) is 3.60. The average molecular weight is 588 g/mol. The fourth-order valence-corrected chi connectivity index (χ4v) is 8.66. The van der Waals surface area contributed by atoms with Gasteiger partial charge in [0.05, 0.1) is 11.4 Å². The molecule has 5 aromatic carbocycles. The summed E-state index contributed by atoms with van der Waals surface area (Å²) < 4.78 is 13.9. The van der Waals surface area contributed by atoms with Crippen molar-refractivity contribution >= 4 is 40.2 Å². The topological polar surface area (TPSA) is 21.7 Å². The lowest BCUT2D eigenvalue weighted by molar-refractivity contribution is 0.318. The van der Waals surface area contributed by atoms with E-state index in [1.54, 1.807) is 0 Å². The molecule has 0 saturated heterocycles. The van der Waals surface area contributed by atoms with E-state index in [0.717, 1.165) is 41.5 Å². The van der Waals surface area contributed by atoms with Crippen LogP contribution in [0.25, 0.3) is 0 Å². The molecule has 1 aliphatic carbocycles. The molecule has 3 aliphatic heterocycles. The van der Waals surface area contributed by atoms with Gasteiger partial charge in [0.15, 0.2) is 0 Å². The van der Waals surface area contributed by atoms with Gasteiger partial charge in [0.25, 0.3) is 6.71 Å². The van der Waals surface area contributed by atoms with Crippen molar-refractivity contribution in [1.82, 2.24) is 0 Å². The number of anilines is 3. The van der Waals surface area contributed by atoms with E-state index in [4.69, 9.17) is 9.47 Å².